The van der Waals surface area contributed by atoms with Crippen molar-refractivity contribution in [3.63, 3.8) is 0 Å². The van der Waals surface area contributed by atoms with Crippen LogP contribution >= 0.6 is 34.3 Å². The molecule has 0 radical (unpaired) electrons. The molecular weight excluding hydrogens is 368 g/mol. The average molecular weight is 383 g/mol. The van der Waals surface area contributed by atoms with E-state index in [4.69, 9.17) is 21.6 Å². The molecule has 0 spiro atoms. The van der Waals surface area contributed by atoms with Gasteiger partial charge in [-0.05, 0) is 26.0 Å². The summed E-state index contributed by atoms with van der Waals surface area (Å²) in [6.45, 7) is 4.21. The quantitative estimate of drug-likeness (QED) is 0.386. The van der Waals surface area contributed by atoms with Crippen molar-refractivity contribution in [3.8, 4) is 32.5 Å². The van der Waals surface area contributed by atoms with Gasteiger partial charge in [-0.15, -0.1) is 22.7 Å². The zero-order valence-corrected chi connectivity index (χ0v) is 16.2. The number of thiazole rings is 2. The molecule has 0 atom stereocenters. The maximum atomic E-state index is 5.96. The Kier molecular flexibility index (Phi) is 4.42. The van der Waals surface area contributed by atoms with E-state index in [1.54, 1.807) is 22.7 Å². The molecule has 4 aromatic rings. The molecule has 2 nitrogen and oxygen atoms in total. The highest BCUT2D eigenvalue weighted by Gasteiger charge is 2.14. The van der Waals surface area contributed by atoms with Gasteiger partial charge in [-0.3, -0.25) is 0 Å². The highest BCUT2D eigenvalue weighted by atomic mass is 35.5. The van der Waals surface area contributed by atoms with E-state index in [-0.39, 0.29) is 0 Å². The fourth-order valence-electron chi connectivity index (χ4n) is 2.59. The van der Waals surface area contributed by atoms with Crippen LogP contribution in [0.2, 0.25) is 5.02 Å². The van der Waals surface area contributed by atoms with Crippen molar-refractivity contribution in [3.05, 3.63) is 69.4 Å². The summed E-state index contributed by atoms with van der Waals surface area (Å²) in [5.74, 6) is 0. The second-order valence-corrected chi connectivity index (χ2v) is 8.33. The largest absolute Gasteiger partial charge is 0.233 e. The number of halogens is 1. The molecule has 0 aliphatic heterocycles. The van der Waals surface area contributed by atoms with Crippen LogP contribution in [0.1, 0.15) is 10.4 Å². The summed E-state index contributed by atoms with van der Waals surface area (Å²) in [6, 6.07) is 16.3. The fraction of sp³-hybridized carbons (Fsp3) is 0.100. The van der Waals surface area contributed by atoms with Crippen LogP contribution in [0.15, 0.2) is 53.9 Å². The van der Waals surface area contributed by atoms with Crippen molar-refractivity contribution in [2.75, 3.05) is 0 Å². The molecule has 124 valence electrons. The highest BCUT2D eigenvalue weighted by molar-refractivity contribution is 7.21. The van der Waals surface area contributed by atoms with Crippen molar-refractivity contribution in [1.29, 1.82) is 0 Å². The molecular formula is C20H15ClN2S2. The van der Waals surface area contributed by atoms with Gasteiger partial charge in [-0.1, -0.05) is 53.6 Å². The second-order valence-electron chi connectivity index (χ2n) is 5.83. The molecule has 0 saturated heterocycles. The first-order chi connectivity index (χ1) is 12.1. The summed E-state index contributed by atoms with van der Waals surface area (Å²) in [4.78, 5) is 10.8. The van der Waals surface area contributed by atoms with Gasteiger partial charge >= 0.3 is 0 Å². The number of benzene rings is 2. The van der Waals surface area contributed by atoms with Gasteiger partial charge in [0, 0.05) is 26.4 Å². The Morgan fingerprint density at radius 1 is 0.800 bits per heavy atom. The molecule has 0 N–H and O–H groups in total. The van der Waals surface area contributed by atoms with Gasteiger partial charge in [0.25, 0.3) is 0 Å². The van der Waals surface area contributed by atoms with E-state index < -0.39 is 0 Å². The molecule has 0 saturated carbocycles. The molecule has 2 heterocycles. The van der Waals surface area contributed by atoms with Crippen molar-refractivity contribution in [2.45, 2.75) is 13.8 Å². The van der Waals surface area contributed by atoms with Gasteiger partial charge in [0.2, 0.25) is 0 Å². The van der Waals surface area contributed by atoms with Gasteiger partial charge in [0.15, 0.2) is 10.0 Å². The van der Waals surface area contributed by atoms with E-state index >= 15 is 0 Å². The number of aryl methyl sites for hydroxylation is 2. The first-order valence-corrected chi connectivity index (χ1v) is 9.94. The van der Waals surface area contributed by atoms with Gasteiger partial charge in [-0.2, -0.15) is 0 Å². The van der Waals surface area contributed by atoms with Crippen LogP contribution in [0.25, 0.3) is 32.5 Å². The molecule has 2 aromatic carbocycles. The summed E-state index contributed by atoms with van der Waals surface area (Å²) in [6.07, 6.45) is 0. The summed E-state index contributed by atoms with van der Waals surface area (Å²) in [5.41, 5.74) is 5.48. The standard InChI is InChI=1S/C20H15ClN2S2/c1-12-3-5-15(6-4-12)18-13(2)25-20(23-18)19-22-17(11-24-19)14-7-9-16(21)10-8-14/h3-11H,1-2H3. The molecule has 0 unspecified atom stereocenters. The van der Waals surface area contributed by atoms with E-state index in [9.17, 15) is 0 Å². The molecule has 0 fully saturated rings. The minimum atomic E-state index is 0.734. The van der Waals surface area contributed by atoms with E-state index in [1.165, 1.54) is 10.4 Å². The molecule has 0 aliphatic rings. The smallest absolute Gasteiger partial charge is 0.153 e. The minimum absolute atomic E-state index is 0.734. The highest BCUT2D eigenvalue weighted by Crippen LogP contribution is 2.36. The van der Waals surface area contributed by atoms with Gasteiger partial charge in [0.05, 0.1) is 11.4 Å². The van der Waals surface area contributed by atoms with Crippen LogP contribution in [0.4, 0.5) is 0 Å². The second kappa shape index (κ2) is 6.71. The topological polar surface area (TPSA) is 25.8 Å². The summed E-state index contributed by atoms with van der Waals surface area (Å²) >= 11 is 9.28. The number of hydrogen-bond donors (Lipinski definition) is 0. The molecule has 25 heavy (non-hydrogen) atoms. The summed E-state index contributed by atoms with van der Waals surface area (Å²) in [5, 5.41) is 4.73. The third-order valence-electron chi connectivity index (χ3n) is 3.95. The molecule has 0 aliphatic carbocycles. The fourth-order valence-corrected chi connectivity index (χ4v) is 4.52. The zero-order chi connectivity index (χ0) is 17.4. The lowest BCUT2D eigenvalue weighted by atomic mass is 10.1. The first kappa shape index (κ1) is 16.5. The Labute approximate surface area is 159 Å². The van der Waals surface area contributed by atoms with E-state index in [0.29, 0.717) is 0 Å². The van der Waals surface area contributed by atoms with E-state index in [1.807, 2.05) is 24.3 Å². The molecule has 2 aromatic heterocycles. The number of aromatic nitrogens is 2. The normalized spacial score (nSPS) is 11.0. The van der Waals surface area contributed by atoms with Crippen LogP contribution in [0, 0.1) is 13.8 Å². The molecule has 0 bridgehead atoms. The zero-order valence-electron chi connectivity index (χ0n) is 13.8. The van der Waals surface area contributed by atoms with E-state index in [2.05, 4.69) is 43.5 Å². The Morgan fingerprint density at radius 3 is 2.20 bits per heavy atom. The van der Waals surface area contributed by atoms with Crippen LogP contribution in [-0.4, -0.2) is 9.97 Å². The van der Waals surface area contributed by atoms with Crippen LogP contribution in [0.3, 0.4) is 0 Å². The lowest BCUT2D eigenvalue weighted by Gasteiger charge is -1.99. The number of hydrogen-bond acceptors (Lipinski definition) is 4. The van der Waals surface area contributed by atoms with Crippen molar-refractivity contribution < 1.29 is 0 Å². The maximum Gasteiger partial charge on any atom is 0.153 e. The third kappa shape index (κ3) is 3.38. The predicted molar refractivity (Wildman–Crippen MR) is 109 cm³/mol. The van der Waals surface area contributed by atoms with Crippen LogP contribution < -0.4 is 0 Å². The third-order valence-corrected chi connectivity index (χ3v) is 6.16. The monoisotopic (exact) mass is 382 g/mol. The van der Waals surface area contributed by atoms with Crippen LogP contribution in [0.5, 0.6) is 0 Å². The van der Waals surface area contributed by atoms with Gasteiger partial charge in [0.1, 0.15) is 0 Å². The average Bonchev–Trinajstić information content (AvgIpc) is 3.23. The Balaban J connectivity index is 1.68. The Hall–Kier alpha value is -2.01. The minimum Gasteiger partial charge on any atom is -0.233 e. The van der Waals surface area contributed by atoms with Crippen molar-refractivity contribution in [1.82, 2.24) is 9.97 Å². The molecule has 4 rings (SSSR count). The number of rotatable bonds is 3. The van der Waals surface area contributed by atoms with Crippen molar-refractivity contribution in [2.24, 2.45) is 0 Å². The summed E-state index contributed by atoms with van der Waals surface area (Å²) < 4.78 is 0. The summed E-state index contributed by atoms with van der Waals surface area (Å²) in [7, 11) is 0. The van der Waals surface area contributed by atoms with Gasteiger partial charge in [-0.25, -0.2) is 9.97 Å². The molecule has 5 heteroatoms. The Bertz CT molecular complexity index is 1010. The molecule has 0 amide bonds. The van der Waals surface area contributed by atoms with E-state index in [0.717, 1.165) is 37.6 Å². The number of nitrogens with zero attached hydrogens (tertiary/aromatic N) is 2. The Morgan fingerprint density at radius 2 is 1.48 bits per heavy atom. The maximum absolute atomic E-state index is 5.96. The van der Waals surface area contributed by atoms with Gasteiger partial charge < -0.3 is 0 Å². The predicted octanol–water partition coefficient (Wildman–Crippen LogP) is 6.87. The SMILES string of the molecule is Cc1ccc(-c2nc(-c3nc(-c4ccc(Cl)cc4)cs3)sc2C)cc1. The van der Waals surface area contributed by atoms with Crippen molar-refractivity contribution >= 4 is 34.3 Å². The lowest BCUT2D eigenvalue weighted by molar-refractivity contribution is 1.33. The van der Waals surface area contributed by atoms with Crippen LogP contribution in [-0.2, 0) is 0 Å². The first-order valence-electron chi connectivity index (χ1n) is 7.86. The lowest BCUT2D eigenvalue weighted by Crippen LogP contribution is -1.82.